The Morgan fingerprint density at radius 3 is 2.72 bits per heavy atom. The standard InChI is InChI=1S/C12H17Cl2N3O/c1-8(5-12(15)16-18)17(2)7-9-3-4-10(13)6-11(9)14/h3-4,6,8,18H,5,7H2,1-2H3,(H2,15,16). The Bertz CT molecular complexity index is 437. The van der Waals surface area contributed by atoms with Gasteiger partial charge in [-0.1, -0.05) is 34.4 Å². The van der Waals surface area contributed by atoms with Crippen LogP contribution in [0.25, 0.3) is 0 Å². The molecule has 0 aliphatic heterocycles. The zero-order chi connectivity index (χ0) is 13.7. The van der Waals surface area contributed by atoms with E-state index in [1.807, 2.05) is 26.1 Å². The molecule has 1 unspecified atom stereocenters. The highest BCUT2D eigenvalue weighted by atomic mass is 35.5. The summed E-state index contributed by atoms with van der Waals surface area (Å²) in [7, 11) is 1.96. The van der Waals surface area contributed by atoms with E-state index in [2.05, 4.69) is 10.1 Å². The monoisotopic (exact) mass is 289 g/mol. The Morgan fingerprint density at radius 1 is 1.50 bits per heavy atom. The molecule has 1 rings (SSSR count). The summed E-state index contributed by atoms with van der Waals surface area (Å²) in [6.45, 7) is 2.68. The quantitative estimate of drug-likeness (QED) is 0.379. The minimum Gasteiger partial charge on any atom is -0.409 e. The van der Waals surface area contributed by atoms with Gasteiger partial charge in [0.2, 0.25) is 0 Å². The minimum atomic E-state index is 0.146. The largest absolute Gasteiger partial charge is 0.409 e. The van der Waals surface area contributed by atoms with Gasteiger partial charge >= 0.3 is 0 Å². The fourth-order valence-corrected chi connectivity index (χ4v) is 2.04. The summed E-state index contributed by atoms with van der Waals surface area (Å²) in [6.07, 6.45) is 0.498. The van der Waals surface area contributed by atoms with Crippen molar-refractivity contribution in [2.45, 2.75) is 25.9 Å². The second-order valence-electron chi connectivity index (χ2n) is 4.30. The molecule has 1 atom stereocenters. The first-order chi connectivity index (χ1) is 8.43. The van der Waals surface area contributed by atoms with Crippen molar-refractivity contribution < 1.29 is 5.21 Å². The fourth-order valence-electron chi connectivity index (χ4n) is 1.57. The number of hydrogen-bond donors (Lipinski definition) is 2. The highest BCUT2D eigenvalue weighted by Crippen LogP contribution is 2.22. The number of nitrogens with two attached hydrogens (primary N) is 1. The predicted octanol–water partition coefficient (Wildman–Crippen LogP) is 2.95. The number of hydrogen-bond acceptors (Lipinski definition) is 3. The molecule has 0 aliphatic carbocycles. The molecule has 3 N–H and O–H groups in total. The van der Waals surface area contributed by atoms with Crippen molar-refractivity contribution in [1.29, 1.82) is 0 Å². The Morgan fingerprint density at radius 2 is 2.17 bits per heavy atom. The van der Waals surface area contributed by atoms with Crippen molar-refractivity contribution in [3.8, 4) is 0 Å². The summed E-state index contributed by atoms with van der Waals surface area (Å²) in [6, 6.07) is 5.58. The molecule has 0 bridgehead atoms. The second kappa shape index (κ2) is 6.83. The van der Waals surface area contributed by atoms with Crippen LogP contribution in [0.4, 0.5) is 0 Å². The van der Waals surface area contributed by atoms with E-state index < -0.39 is 0 Å². The van der Waals surface area contributed by atoms with Crippen molar-refractivity contribution in [3.63, 3.8) is 0 Å². The Hall–Kier alpha value is -0.970. The molecule has 0 spiro atoms. The van der Waals surface area contributed by atoms with Gasteiger partial charge in [-0.15, -0.1) is 0 Å². The smallest absolute Gasteiger partial charge is 0.140 e. The van der Waals surface area contributed by atoms with Crippen LogP contribution in [0.5, 0.6) is 0 Å². The fraction of sp³-hybridized carbons (Fsp3) is 0.417. The molecular formula is C12H17Cl2N3O. The maximum Gasteiger partial charge on any atom is 0.140 e. The highest BCUT2D eigenvalue weighted by molar-refractivity contribution is 6.35. The molecule has 6 heteroatoms. The van der Waals surface area contributed by atoms with E-state index in [1.54, 1.807) is 6.07 Å². The van der Waals surface area contributed by atoms with Crippen LogP contribution in [-0.4, -0.2) is 29.0 Å². The zero-order valence-electron chi connectivity index (χ0n) is 10.4. The number of oxime groups is 1. The van der Waals surface area contributed by atoms with E-state index in [0.29, 0.717) is 23.0 Å². The molecule has 0 aromatic heterocycles. The van der Waals surface area contributed by atoms with Crippen LogP contribution in [0.2, 0.25) is 10.0 Å². The van der Waals surface area contributed by atoms with Crippen molar-refractivity contribution in [1.82, 2.24) is 4.90 Å². The lowest BCUT2D eigenvalue weighted by Crippen LogP contribution is -2.32. The van der Waals surface area contributed by atoms with Crippen LogP contribution in [0.3, 0.4) is 0 Å². The van der Waals surface area contributed by atoms with Crippen molar-refractivity contribution in [3.05, 3.63) is 33.8 Å². The zero-order valence-corrected chi connectivity index (χ0v) is 11.9. The first-order valence-electron chi connectivity index (χ1n) is 5.54. The second-order valence-corrected chi connectivity index (χ2v) is 5.14. The van der Waals surface area contributed by atoms with Gasteiger partial charge in [-0.25, -0.2) is 0 Å². The van der Waals surface area contributed by atoms with Gasteiger partial charge in [0.25, 0.3) is 0 Å². The number of halogens is 2. The summed E-state index contributed by atoms with van der Waals surface area (Å²) in [5, 5.41) is 12.8. The summed E-state index contributed by atoms with van der Waals surface area (Å²) < 4.78 is 0. The number of benzene rings is 1. The molecule has 0 radical (unpaired) electrons. The van der Waals surface area contributed by atoms with Gasteiger partial charge in [0, 0.05) is 29.1 Å². The lowest BCUT2D eigenvalue weighted by Gasteiger charge is -2.24. The Balaban J connectivity index is 2.66. The average Bonchev–Trinajstić information content (AvgIpc) is 2.32. The number of rotatable bonds is 5. The molecule has 1 aromatic rings. The van der Waals surface area contributed by atoms with Crippen LogP contribution in [0, 0.1) is 0 Å². The third kappa shape index (κ3) is 4.37. The van der Waals surface area contributed by atoms with Gasteiger partial charge in [-0.2, -0.15) is 0 Å². The van der Waals surface area contributed by atoms with Crippen LogP contribution < -0.4 is 5.73 Å². The Labute approximate surface area is 117 Å². The molecule has 0 amide bonds. The van der Waals surface area contributed by atoms with E-state index in [9.17, 15) is 0 Å². The van der Waals surface area contributed by atoms with Gasteiger partial charge in [0.15, 0.2) is 0 Å². The maximum atomic E-state index is 8.54. The SMILES string of the molecule is CC(CC(N)=NO)N(C)Cc1ccc(Cl)cc1Cl. The van der Waals surface area contributed by atoms with Crippen LogP contribution >= 0.6 is 23.2 Å². The van der Waals surface area contributed by atoms with E-state index in [4.69, 9.17) is 34.1 Å². The summed E-state index contributed by atoms with van der Waals surface area (Å²) in [5.41, 5.74) is 6.48. The third-order valence-corrected chi connectivity index (χ3v) is 3.41. The van der Waals surface area contributed by atoms with E-state index >= 15 is 0 Å². The van der Waals surface area contributed by atoms with Crippen molar-refractivity contribution in [2.24, 2.45) is 10.9 Å². The van der Waals surface area contributed by atoms with Crippen LogP contribution in [0.15, 0.2) is 23.4 Å². The van der Waals surface area contributed by atoms with Gasteiger partial charge < -0.3 is 10.9 Å². The Kier molecular flexibility index (Phi) is 5.72. The van der Waals surface area contributed by atoms with E-state index in [-0.39, 0.29) is 11.9 Å². The third-order valence-electron chi connectivity index (χ3n) is 2.82. The molecule has 0 saturated heterocycles. The summed E-state index contributed by atoms with van der Waals surface area (Å²) in [5.74, 6) is 0.219. The first-order valence-corrected chi connectivity index (χ1v) is 6.30. The van der Waals surface area contributed by atoms with Gasteiger partial charge in [0.1, 0.15) is 5.84 Å². The topological polar surface area (TPSA) is 61.9 Å². The molecule has 0 heterocycles. The molecule has 18 heavy (non-hydrogen) atoms. The predicted molar refractivity (Wildman–Crippen MR) is 75.4 cm³/mol. The van der Waals surface area contributed by atoms with Crippen molar-refractivity contribution in [2.75, 3.05) is 7.05 Å². The summed E-state index contributed by atoms with van der Waals surface area (Å²) >= 11 is 12.0. The summed E-state index contributed by atoms with van der Waals surface area (Å²) in [4.78, 5) is 2.08. The first kappa shape index (κ1) is 15.1. The van der Waals surface area contributed by atoms with E-state index in [1.165, 1.54) is 0 Å². The van der Waals surface area contributed by atoms with Crippen LogP contribution in [0.1, 0.15) is 18.9 Å². The molecule has 100 valence electrons. The normalized spacial score (nSPS) is 13.9. The van der Waals surface area contributed by atoms with Crippen molar-refractivity contribution >= 4 is 29.0 Å². The van der Waals surface area contributed by atoms with Gasteiger partial charge in [-0.05, 0) is 31.7 Å². The lowest BCUT2D eigenvalue weighted by atomic mass is 10.1. The molecule has 4 nitrogen and oxygen atoms in total. The lowest BCUT2D eigenvalue weighted by molar-refractivity contribution is 0.251. The molecule has 0 fully saturated rings. The maximum absolute atomic E-state index is 8.54. The molecular weight excluding hydrogens is 273 g/mol. The molecule has 1 aromatic carbocycles. The van der Waals surface area contributed by atoms with E-state index in [0.717, 1.165) is 5.56 Å². The van der Waals surface area contributed by atoms with Crippen LogP contribution in [-0.2, 0) is 6.54 Å². The average molecular weight is 290 g/mol. The highest BCUT2D eigenvalue weighted by Gasteiger charge is 2.13. The van der Waals surface area contributed by atoms with Gasteiger partial charge in [-0.3, -0.25) is 4.90 Å². The molecule has 0 saturated carbocycles. The van der Waals surface area contributed by atoms with Gasteiger partial charge in [0.05, 0.1) is 0 Å². The molecule has 0 aliphatic rings. The number of amidine groups is 1. The number of nitrogens with zero attached hydrogens (tertiary/aromatic N) is 2. The minimum absolute atomic E-state index is 0.146.